The standard InChI is InChI=1S/C10H6F3N3O3/c11-10(12,13)9(18)14-6-3-1-2-4-7(6)16-5-8(17)19-15-16/h1-5H,(H-,14,15,17,18). The number of para-hydroxylation sites is 2. The van der Waals surface area contributed by atoms with Crippen molar-refractivity contribution in [1.29, 1.82) is 0 Å². The van der Waals surface area contributed by atoms with Crippen LogP contribution in [0.5, 0.6) is 0 Å². The summed E-state index contributed by atoms with van der Waals surface area (Å²) in [6.07, 6.45) is -4.09. The number of nitrogens with zero attached hydrogens (tertiary/aromatic N) is 2. The molecule has 19 heavy (non-hydrogen) atoms. The van der Waals surface area contributed by atoms with Gasteiger partial charge >= 0.3 is 11.8 Å². The highest BCUT2D eigenvalue weighted by Crippen LogP contribution is 2.22. The van der Waals surface area contributed by atoms with Crippen LogP contribution in [0.25, 0.3) is 5.69 Å². The van der Waals surface area contributed by atoms with Crippen molar-refractivity contribution < 1.29 is 27.5 Å². The smallest absolute Gasteiger partial charge is 0.427 e. The van der Waals surface area contributed by atoms with Gasteiger partial charge in [-0.15, -0.1) is 0 Å². The summed E-state index contributed by atoms with van der Waals surface area (Å²) >= 11 is 0. The number of nitrogens with one attached hydrogen (secondary N) is 1. The van der Waals surface area contributed by atoms with E-state index in [2.05, 4.69) is 14.8 Å². The minimum Gasteiger partial charge on any atom is -0.855 e. The van der Waals surface area contributed by atoms with E-state index in [0.717, 1.165) is 10.9 Å². The molecule has 0 amide bonds. The molecule has 0 saturated carbocycles. The fourth-order valence-corrected chi connectivity index (χ4v) is 1.31. The maximum Gasteiger partial charge on any atom is 0.427 e. The van der Waals surface area contributed by atoms with Crippen molar-refractivity contribution in [3.63, 3.8) is 0 Å². The van der Waals surface area contributed by atoms with Gasteiger partial charge < -0.3 is 5.11 Å². The molecule has 2 aromatic rings. The van der Waals surface area contributed by atoms with Crippen LogP contribution in [0.2, 0.25) is 0 Å². The van der Waals surface area contributed by atoms with Gasteiger partial charge in [0.25, 0.3) is 11.9 Å². The lowest BCUT2D eigenvalue weighted by Crippen LogP contribution is -2.35. The lowest BCUT2D eigenvalue weighted by Gasteiger charge is -2.13. The predicted octanol–water partition coefficient (Wildman–Crippen LogP) is 0.197. The summed E-state index contributed by atoms with van der Waals surface area (Å²) in [5, 5.41) is 13.0. The summed E-state index contributed by atoms with van der Waals surface area (Å²) in [5.41, 5.74) is -0.894. The van der Waals surface area contributed by atoms with Crippen LogP contribution in [0.1, 0.15) is 0 Å². The van der Waals surface area contributed by atoms with Crippen molar-refractivity contribution in [1.82, 2.24) is 5.27 Å². The van der Waals surface area contributed by atoms with Gasteiger partial charge in [-0.25, -0.2) is 4.79 Å². The van der Waals surface area contributed by atoms with Crippen LogP contribution >= 0.6 is 0 Å². The zero-order valence-electron chi connectivity index (χ0n) is 9.14. The number of hydrogen-bond donors (Lipinski definition) is 1. The van der Waals surface area contributed by atoms with E-state index >= 15 is 0 Å². The van der Waals surface area contributed by atoms with E-state index < -0.39 is 17.7 Å². The van der Waals surface area contributed by atoms with Crippen molar-refractivity contribution in [2.75, 3.05) is 0 Å². The third kappa shape index (κ3) is 2.81. The van der Waals surface area contributed by atoms with Crippen LogP contribution in [-0.4, -0.2) is 17.3 Å². The van der Waals surface area contributed by atoms with Gasteiger partial charge in [0.05, 0.1) is 5.90 Å². The van der Waals surface area contributed by atoms with Crippen LogP contribution in [0.4, 0.5) is 18.9 Å². The predicted molar refractivity (Wildman–Crippen MR) is 54.0 cm³/mol. The molecular formula is C10H6F3N3O3. The van der Waals surface area contributed by atoms with Crippen molar-refractivity contribution in [2.24, 2.45) is 4.99 Å². The number of rotatable bonds is 2. The molecule has 1 heterocycles. The second-order valence-corrected chi connectivity index (χ2v) is 3.41. The Balaban J connectivity index is 2.51. The number of halogens is 3. The first-order valence-electron chi connectivity index (χ1n) is 4.90. The number of aromatic nitrogens is 2. The second kappa shape index (κ2) is 4.59. The highest BCUT2D eigenvalue weighted by Gasteiger charge is 2.29. The Kier molecular flexibility index (Phi) is 3.11. The molecule has 0 aliphatic heterocycles. The maximum absolute atomic E-state index is 12.1. The van der Waals surface area contributed by atoms with Gasteiger partial charge in [0.15, 0.2) is 0 Å². The molecule has 2 rings (SSSR count). The summed E-state index contributed by atoms with van der Waals surface area (Å²) < 4.78 is 41.8. The molecule has 1 aromatic heterocycles. The zero-order chi connectivity index (χ0) is 14.0. The summed E-state index contributed by atoms with van der Waals surface area (Å²) in [6, 6.07) is 5.49. The Morgan fingerprint density at radius 2 is 2.05 bits per heavy atom. The lowest BCUT2D eigenvalue weighted by atomic mass is 10.2. The lowest BCUT2D eigenvalue weighted by molar-refractivity contribution is -0.669. The fourth-order valence-electron chi connectivity index (χ4n) is 1.31. The number of alkyl halides is 3. The molecular weight excluding hydrogens is 267 g/mol. The topological polar surface area (TPSA) is 85.3 Å². The summed E-state index contributed by atoms with van der Waals surface area (Å²) in [4.78, 5) is 13.8. The van der Waals surface area contributed by atoms with Gasteiger partial charge in [-0.1, -0.05) is 12.1 Å². The number of aromatic amines is 1. The number of hydrogen-bond acceptors (Lipinski definition) is 4. The minimum atomic E-state index is -5.05. The Morgan fingerprint density at radius 1 is 1.37 bits per heavy atom. The molecule has 0 aliphatic rings. The summed E-state index contributed by atoms with van der Waals surface area (Å²) in [6.45, 7) is 0. The van der Waals surface area contributed by atoms with E-state index in [9.17, 15) is 23.1 Å². The molecule has 0 fully saturated rings. The summed E-state index contributed by atoms with van der Waals surface area (Å²) in [5.74, 6) is -2.23. The molecule has 0 saturated heterocycles. The molecule has 0 atom stereocenters. The molecule has 0 spiro atoms. The average Bonchev–Trinajstić information content (AvgIpc) is 2.75. The van der Waals surface area contributed by atoms with E-state index in [4.69, 9.17) is 0 Å². The Labute approximate surface area is 103 Å². The highest BCUT2D eigenvalue weighted by molar-refractivity contribution is 5.81. The second-order valence-electron chi connectivity index (χ2n) is 3.41. The third-order valence-corrected chi connectivity index (χ3v) is 2.08. The molecule has 100 valence electrons. The third-order valence-electron chi connectivity index (χ3n) is 2.08. The van der Waals surface area contributed by atoms with E-state index in [0.29, 0.717) is 0 Å². The highest BCUT2D eigenvalue weighted by atomic mass is 19.4. The first-order valence-corrected chi connectivity index (χ1v) is 4.90. The quantitative estimate of drug-likeness (QED) is 0.481. The average molecular weight is 273 g/mol. The first kappa shape index (κ1) is 12.9. The Morgan fingerprint density at radius 3 is 2.63 bits per heavy atom. The van der Waals surface area contributed by atoms with E-state index in [1.807, 2.05) is 0 Å². The Bertz CT molecular complexity index is 672. The number of benzene rings is 1. The fraction of sp³-hybridized carbons (Fsp3) is 0.100. The monoisotopic (exact) mass is 273 g/mol. The van der Waals surface area contributed by atoms with Crippen molar-refractivity contribution in [3.05, 3.63) is 40.9 Å². The van der Waals surface area contributed by atoms with E-state index in [-0.39, 0.29) is 11.4 Å². The van der Waals surface area contributed by atoms with Crippen LogP contribution < -0.4 is 15.4 Å². The van der Waals surface area contributed by atoms with Crippen LogP contribution in [0.3, 0.4) is 0 Å². The Hall–Kier alpha value is -2.58. The SMILES string of the molecule is O=c1c[n+](-c2ccccc2N=C([O-])C(F)(F)F)[nH]o1. The van der Waals surface area contributed by atoms with Gasteiger partial charge in [-0.05, 0) is 16.0 Å². The number of aliphatic imine (C=N–C) groups is 1. The van der Waals surface area contributed by atoms with E-state index in [1.54, 1.807) is 0 Å². The summed E-state index contributed by atoms with van der Waals surface area (Å²) in [7, 11) is 0. The van der Waals surface area contributed by atoms with Crippen LogP contribution in [-0.2, 0) is 0 Å². The molecule has 0 radical (unpaired) electrons. The zero-order valence-corrected chi connectivity index (χ0v) is 9.14. The van der Waals surface area contributed by atoms with Gasteiger partial charge in [-0.2, -0.15) is 13.2 Å². The maximum atomic E-state index is 12.1. The molecule has 0 aliphatic carbocycles. The van der Waals surface area contributed by atoms with E-state index in [1.165, 1.54) is 24.3 Å². The van der Waals surface area contributed by atoms with Crippen molar-refractivity contribution in [3.8, 4) is 5.69 Å². The van der Waals surface area contributed by atoms with Crippen LogP contribution in [0, 0.1) is 0 Å². The molecule has 9 heteroatoms. The first-order chi connectivity index (χ1) is 8.88. The minimum absolute atomic E-state index is 0.0750. The normalized spacial score (nSPS) is 12.7. The largest absolute Gasteiger partial charge is 0.855 e. The molecule has 0 bridgehead atoms. The number of H-pyrrole nitrogens is 1. The van der Waals surface area contributed by atoms with Gasteiger partial charge in [0.1, 0.15) is 5.69 Å². The van der Waals surface area contributed by atoms with Crippen molar-refractivity contribution >= 4 is 11.6 Å². The van der Waals surface area contributed by atoms with Crippen LogP contribution in [0.15, 0.2) is 44.8 Å². The molecule has 1 aromatic carbocycles. The molecule has 0 unspecified atom stereocenters. The molecule has 6 nitrogen and oxygen atoms in total. The van der Waals surface area contributed by atoms with Gasteiger partial charge in [0, 0.05) is 6.07 Å². The molecule has 1 N–H and O–H groups in total. The van der Waals surface area contributed by atoms with Gasteiger partial charge in [-0.3, -0.25) is 9.52 Å². The van der Waals surface area contributed by atoms with Gasteiger partial charge in [0.2, 0.25) is 0 Å². The van der Waals surface area contributed by atoms with Crippen molar-refractivity contribution in [2.45, 2.75) is 6.18 Å².